The van der Waals surface area contributed by atoms with E-state index >= 15 is 4.39 Å². The Morgan fingerprint density at radius 1 is 1.00 bits per heavy atom. The molecule has 1 N–H and O–H groups in total. The van der Waals surface area contributed by atoms with Crippen molar-refractivity contribution >= 4 is 28.3 Å². The van der Waals surface area contributed by atoms with Crippen LogP contribution in [-0.4, -0.2) is 33.1 Å². The summed E-state index contributed by atoms with van der Waals surface area (Å²) >= 11 is 0. The highest BCUT2D eigenvalue weighted by atomic mass is 19.1. The van der Waals surface area contributed by atoms with Crippen LogP contribution in [0.2, 0.25) is 0 Å². The van der Waals surface area contributed by atoms with Gasteiger partial charge in [-0.3, -0.25) is 24.0 Å². The van der Waals surface area contributed by atoms with Crippen LogP contribution in [-0.2, 0) is 17.8 Å². The van der Waals surface area contributed by atoms with E-state index in [0.717, 1.165) is 16.5 Å². The molecule has 0 radical (unpaired) electrons. The largest absolute Gasteiger partial charge is 0.497 e. The number of fused-ring (bicyclic) bond motifs is 1. The molecule has 1 amide bonds. The Balaban J connectivity index is 1.42. The van der Waals surface area contributed by atoms with Crippen molar-refractivity contribution in [2.45, 2.75) is 26.8 Å². The molecule has 2 aromatic heterocycles. The smallest absolute Gasteiger partial charge is 0.284 e. The molecule has 0 bridgehead atoms. The molecule has 9 heteroatoms. The predicted octanol–water partition coefficient (Wildman–Crippen LogP) is 5.08. The zero-order chi connectivity index (χ0) is 28.4. The first-order valence-electron chi connectivity index (χ1n) is 12.7. The number of nitrogens with zero attached hydrogens (tertiary/aromatic N) is 3. The van der Waals surface area contributed by atoms with E-state index in [9.17, 15) is 14.4 Å². The molecule has 2 heterocycles. The number of halogens is 1. The summed E-state index contributed by atoms with van der Waals surface area (Å²) in [6.07, 6.45) is 1.99. The molecule has 0 aliphatic carbocycles. The molecule has 202 valence electrons. The van der Waals surface area contributed by atoms with Gasteiger partial charge in [0, 0.05) is 29.8 Å². The number of methoxy groups -OCH3 is 1. The molecule has 8 nitrogen and oxygen atoms in total. The quantitative estimate of drug-likeness (QED) is 0.298. The average molecular weight is 539 g/mol. The minimum absolute atomic E-state index is 0.0803. The van der Waals surface area contributed by atoms with E-state index in [2.05, 4.69) is 10.3 Å². The summed E-state index contributed by atoms with van der Waals surface area (Å²) in [5, 5.41) is 3.53. The molecule has 0 saturated heterocycles. The second kappa shape index (κ2) is 11.0. The minimum Gasteiger partial charge on any atom is -0.497 e. The van der Waals surface area contributed by atoms with E-state index in [4.69, 9.17) is 4.74 Å². The number of pyridine rings is 1. The van der Waals surface area contributed by atoms with Crippen molar-refractivity contribution in [3.8, 4) is 11.4 Å². The van der Waals surface area contributed by atoms with Gasteiger partial charge in [0.2, 0.25) is 0 Å². The van der Waals surface area contributed by atoms with E-state index in [0.29, 0.717) is 29.1 Å². The maximum Gasteiger partial charge on any atom is 0.284 e. The van der Waals surface area contributed by atoms with Crippen molar-refractivity contribution in [3.05, 3.63) is 118 Å². The molecule has 40 heavy (non-hydrogen) atoms. The average Bonchev–Trinajstić information content (AvgIpc) is 3.18. The Hall–Kier alpha value is -5.05. The summed E-state index contributed by atoms with van der Waals surface area (Å²) < 4.78 is 23.3. The van der Waals surface area contributed by atoms with Gasteiger partial charge in [-0.25, -0.2) is 9.07 Å². The number of benzene rings is 3. The van der Waals surface area contributed by atoms with Crippen LogP contribution >= 0.6 is 0 Å². The summed E-state index contributed by atoms with van der Waals surface area (Å²) in [4.78, 5) is 43.0. The van der Waals surface area contributed by atoms with Crippen LogP contribution in [0.1, 0.15) is 34.1 Å². The summed E-state index contributed by atoms with van der Waals surface area (Å²) in [5.41, 5.74) is 2.46. The van der Waals surface area contributed by atoms with Gasteiger partial charge in [-0.2, -0.15) is 0 Å². The summed E-state index contributed by atoms with van der Waals surface area (Å²) in [5.74, 6) is -0.668. The number of hydrogen-bond acceptors (Lipinski definition) is 5. The summed E-state index contributed by atoms with van der Waals surface area (Å²) in [7, 11) is 1.59. The SMILES string of the molecule is COc1ccc2c(Cc3ccc(NC(=O)c4c(C)n(CC(C)=O)n(-c5ccccc5)c4=O)cc3F)ccnc2c1. The molecule has 0 fully saturated rings. The number of aromatic nitrogens is 3. The number of anilines is 1. The van der Waals surface area contributed by atoms with E-state index in [1.165, 1.54) is 22.4 Å². The van der Waals surface area contributed by atoms with Crippen LogP contribution in [0.15, 0.2) is 83.8 Å². The Morgan fingerprint density at radius 3 is 2.48 bits per heavy atom. The van der Waals surface area contributed by atoms with E-state index < -0.39 is 17.3 Å². The third-order valence-electron chi connectivity index (χ3n) is 6.73. The van der Waals surface area contributed by atoms with Gasteiger partial charge in [-0.1, -0.05) is 24.3 Å². The van der Waals surface area contributed by atoms with Crippen molar-refractivity contribution in [2.75, 3.05) is 12.4 Å². The molecule has 0 spiro atoms. The van der Waals surface area contributed by atoms with Crippen LogP contribution in [0.3, 0.4) is 0 Å². The van der Waals surface area contributed by atoms with Crippen molar-refractivity contribution in [3.63, 3.8) is 0 Å². The lowest BCUT2D eigenvalue weighted by Crippen LogP contribution is -2.26. The van der Waals surface area contributed by atoms with Crippen LogP contribution in [0.25, 0.3) is 16.6 Å². The normalized spacial score (nSPS) is 11.0. The van der Waals surface area contributed by atoms with Crippen molar-refractivity contribution in [2.24, 2.45) is 0 Å². The first-order valence-corrected chi connectivity index (χ1v) is 12.7. The third kappa shape index (κ3) is 5.13. The number of Topliss-reactive ketones (excluding diaryl/α,β-unsaturated/α-hetero) is 1. The number of rotatable bonds is 8. The number of carbonyl (C=O) groups is 2. The van der Waals surface area contributed by atoms with Gasteiger partial charge in [-0.15, -0.1) is 0 Å². The highest BCUT2D eigenvalue weighted by Gasteiger charge is 2.24. The zero-order valence-corrected chi connectivity index (χ0v) is 22.3. The van der Waals surface area contributed by atoms with Crippen LogP contribution in [0.5, 0.6) is 5.75 Å². The van der Waals surface area contributed by atoms with Crippen molar-refractivity contribution in [1.82, 2.24) is 14.3 Å². The van der Waals surface area contributed by atoms with Gasteiger partial charge in [0.15, 0.2) is 5.78 Å². The monoisotopic (exact) mass is 538 g/mol. The second-order valence-electron chi connectivity index (χ2n) is 9.46. The fourth-order valence-corrected chi connectivity index (χ4v) is 4.77. The number of ether oxygens (including phenoxy) is 1. The highest BCUT2D eigenvalue weighted by Crippen LogP contribution is 2.26. The van der Waals surface area contributed by atoms with Crippen LogP contribution in [0.4, 0.5) is 10.1 Å². The maximum absolute atomic E-state index is 15.2. The van der Waals surface area contributed by atoms with Gasteiger partial charge in [0.25, 0.3) is 11.5 Å². The molecule has 5 aromatic rings. The van der Waals surface area contributed by atoms with Crippen molar-refractivity contribution in [1.29, 1.82) is 0 Å². The molecule has 0 atom stereocenters. The lowest BCUT2D eigenvalue weighted by Gasteiger charge is -2.12. The van der Waals surface area contributed by atoms with Crippen molar-refractivity contribution < 1.29 is 18.7 Å². The van der Waals surface area contributed by atoms with Gasteiger partial charge >= 0.3 is 0 Å². The highest BCUT2D eigenvalue weighted by molar-refractivity contribution is 6.05. The first-order chi connectivity index (χ1) is 19.3. The molecular weight excluding hydrogens is 511 g/mol. The van der Waals surface area contributed by atoms with E-state index in [-0.39, 0.29) is 23.6 Å². The van der Waals surface area contributed by atoms with Crippen LogP contribution < -0.4 is 15.6 Å². The number of amides is 1. The maximum atomic E-state index is 15.2. The van der Waals surface area contributed by atoms with Gasteiger partial charge in [0.1, 0.15) is 17.1 Å². The van der Waals surface area contributed by atoms with Gasteiger partial charge in [-0.05, 0) is 67.4 Å². The number of para-hydroxylation sites is 1. The molecule has 0 aliphatic heterocycles. The zero-order valence-electron chi connectivity index (χ0n) is 22.3. The standard InChI is InChI=1S/C31H27FN4O4/c1-19(37)18-35-20(2)29(31(39)36(35)24-7-5-4-6-8-24)30(38)34-23-10-9-22(27(32)16-23)15-21-13-14-33-28-17-25(40-3)11-12-26(21)28/h4-14,16-17H,15,18H2,1-3H3,(H,34,38). The Morgan fingerprint density at radius 2 is 1.77 bits per heavy atom. The van der Waals surface area contributed by atoms with Crippen LogP contribution in [0, 0.1) is 12.7 Å². The summed E-state index contributed by atoms with van der Waals surface area (Å²) in [6, 6.07) is 20.6. The molecule has 0 saturated carbocycles. The lowest BCUT2D eigenvalue weighted by molar-refractivity contribution is -0.117. The fraction of sp³-hybridized carbons (Fsp3) is 0.161. The van der Waals surface area contributed by atoms with E-state index in [1.54, 1.807) is 62.7 Å². The first kappa shape index (κ1) is 26.6. The Labute approximate surface area is 229 Å². The Bertz CT molecular complexity index is 1810. The molecule has 0 aliphatic rings. The molecule has 5 rings (SSSR count). The summed E-state index contributed by atoms with van der Waals surface area (Å²) in [6.45, 7) is 2.94. The van der Waals surface area contributed by atoms with E-state index in [1.807, 2.05) is 24.3 Å². The third-order valence-corrected chi connectivity index (χ3v) is 6.73. The minimum atomic E-state index is -0.685. The van der Waals surface area contributed by atoms with Gasteiger partial charge < -0.3 is 10.1 Å². The predicted molar refractivity (Wildman–Crippen MR) is 151 cm³/mol. The second-order valence-corrected chi connectivity index (χ2v) is 9.46. The number of carbonyl (C=O) groups excluding carboxylic acids is 2. The number of ketones is 1. The van der Waals surface area contributed by atoms with Gasteiger partial charge in [0.05, 0.1) is 30.6 Å². The molecular formula is C31H27FN4O4. The number of hydrogen-bond donors (Lipinski definition) is 1. The fourth-order valence-electron chi connectivity index (χ4n) is 4.77. The molecule has 0 unspecified atom stereocenters. The lowest BCUT2D eigenvalue weighted by atomic mass is 10.0. The molecule has 3 aromatic carbocycles. The number of nitrogens with one attached hydrogen (secondary N) is 1. The topological polar surface area (TPSA) is 95.2 Å². The Kier molecular flexibility index (Phi) is 7.29.